The second-order valence-electron chi connectivity index (χ2n) is 3.12. The summed E-state index contributed by atoms with van der Waals surface area (Å²) in [5, 5.41) is 9.66. The molecule has 0 saturated heterocycles. The number of nitrogens with zero attached hydrogens (tertiary/aromatic N) is 2. The monoisotopic (exact) mass is 253 g/mol. The van der Waals surface area contributed by atoms with E-state index >= 15 is 0 Å². The third kappa shape index (κ3) is 4.48. The largest absolute Gasteiger partial charge is 0.407 e. The molecule has 0 amide bonds. The lowest BCUT2D eigenvalue weighted by Gasteiger charge is -1.98. The number of hydrogen-bond donors (Lipinski definition) is 1. The highest BCUT2D eigenvalue weighted by atomic mass is 35.5. The van der Waals surface area contributed by atoms with Crippen molar-refractivity contribution in [2.45, 2.75) is 12.3 Å². The minimum Gasteiger partial charge on any atom is -0.407 e. The number of aromatic nitrogens is 2. The molecule has 1 rings (SSSR count). The third-order valence-electron chi connectivity index (χ3n) is 1.53. The van der Waals surface area contributed by atoms with Gasteiger partial charge in [0.15, 0.2) is 0 Å². The Balaban J connectivity index is 2.45. The standard InChI is InChI=1S/C7H12ClN3O3S/c1-5(8)6-10-11-7(14-6)9-3-4-15(2,12)13/h5H,3-4H2,1-2H3,(H,9,11). The molecule has 86 valence electrons. The highest BCUT2D eigenvalue weighted by molar-refractivity contribution is 7.90. The van der Waals surface area contributed by atoms with E-state index in [4.69, 9.17) is 16.0 Å². The molecule has 6 nitrogen and oxygen atoms in total. The number of rotatable bonds is 5. The van der Waals surface area contributed by atoms with E-state index in [9.17, 15) is 8.42 Å². The average molecular weight is 254 g/mol. The lowest BCUT2D eigenvalue weighted by atomic mass is 10.5. The van der Waals surface area contributed by atoms with Crippen molar-refractivity contribution in [2.24, 2.45) is 0 Å². The van der Waals surface area contributed by atoms with Crippen molar-refractivity contribution >= 4 is 27.5 Å². The maximum Gasteiger partial charge on any atom is 0.315 e. The number of nitrogens with one attached hydrogen (secondary N) is 1. The molecule has 0 aliphatic heterocycles. The van der Waals surface area contributed by atoms with Gasteiger partial charge in [-0.05, 0) is 6.92 Å². The van der Waals surface area contributed by atoms with Crippen molar-refractivity contribution in [1.29, 1.82) is 0 Å². The lowest BCUT2D eigenvalue weighted by molar-refractivity contribution is 0.506. The van der Waals surface area contributed by atoms with Gasteiger partial charge >= 0.3 is 6.01 Å². The quantitative estimate of drug-likeness (QED) is 0.783. The Bertz CT molecular complexity index is 415. The molecule has 0 spiro atoms. The summed E-state index contributed by atoms with van der Waals surface area (Å²) >= 11 is 5.70. The molecule has 1 unspecified atom stereocenters. The minimum absolute atomic E-state index is 0.0150. The van der Waals surface area contributed by atoms with Crippen LogP contribution in [-0.2, 0) is 9.84 Å². The molecule has 0 saturated carbocycles. The SMILES string of the molecule is CC(Cl)c1nnc(NCCS(C)(=O)=O)o1. The van der Waals surface area contributed by atoms with E-state index in [2.05, 4.69) is 15.5 Å². The van der Waals surface area contributed by atoms with Crippen LogP contribution in [0.1, 0.15) is 18.2 Å². The summed E-state index contributed by atoms with van der Waals surface area (Å²) in [7, 11) is -2.98. The molecule has 0 aromatic carbocycles. The molecule has 15 heavy (non-hydrogen) atoms. The van der Waals surface area contributed by atoms with Crippen molar-refractivity contribution in [3.8, 4) is 0 Å². The molecule has 0 radical (unpaired) electrons. The van der Waals surface area contributed by atoms with Crippen LogP contribution in [0.2, 0.25) is 0 Å². The smallest absolute Gasteiger partial charge is 0.315 e. The molecule has 0 aliphatic rings. The molecule has 1 heterocycles. The first-order valence-corrected chi connectivity index (χ1v) is 6.77. The maximum atomic E-state index is 10.8. The van der Waals surface area contributed by atoms with Crippen LogP contribution in [-0.4, -0.2) is 37.2 Å². The van der Waals surface area contributed by atoms with Gasteiger partial charge in [0.2, 0.25) is 5.89 Å². The van der Waals surface area contributed by atoms with Gasteiger partial charge in [0, 0.05) is 12.8 Å². The van der Waals surface area contributed by atoms with Gasteiger partial charge in [-0.3, -0.25) is 0 Å². The zero-order chi connectivity index (χ0) is 11.5. The van der Waals surface area contributed by atoms with E-state index < -0.39 is 9.84 Å². The van der Waals surface area contributed by atoms with Gasteiger partial charge in [-0.2, -0.15) is 0 Å². The van der Waals surface area contributed by atoms with E-state index in [1.54, 1.807) is 6.92 Å². The molecule has 1 aromatic rings. The van der Waals surface area contributed by atoms with E-state index in [1.165, 1.54) is 0 Å². The van der Waals surface area contributed by atoms with Crippen LogP contribution >= 0.6 is 11.6 Å². The van der Waals surface area contributed by atoms with Crippen LogP contribution in [0, 0.1) is 0 Å². The molecular formula is C7H12ClN3O3S. The van der Waals surface area contributed by atoms with Crippen LogP contribution in [0.3, 0.4) is 0 Å². The second kappa shape index (κ2) is 4.80. The Labute approximate surface area is 92.9 Å². The molecular weight excluding hydrogens is 242 g/mol. The van der Waals surface area contributed by atoms with Gasteiger partial charge in [0.25, 0.3) is 0 Å². The van der Waals surface area contributed by atoms with Gasteiger partial charge in [-0.25, -0.2) is 8.42 Å². The van der Waals surface area contributed by atoms with E-state index in [0.717, 1.165) is 6.26 Å². The molecule has 1 atom stereocenters. The summed E-state index contributed by atoms with van der Waals surface area (Å²) in [5.74, 6) is 0.319. The predicted molar refractivity (Wildman–Crippen MR) is 56.8 cm³/mol. The fraction of sp³-hybridized carbons (Fsp3) is 0.714. The van der Waals surface area contributed by atoms with Crippen molar-refractivity contribution in [1.82, 2.24) is 10.2 Å². The molecule has 0 bridgehead atoms. The number of hydrogen-bond acceptors (Lipinski definition) is 6. The van der Waals surface area contributed by atoms with Crippen molar-refractivity contribution < 1.29 is 12.8 Å². The van der Waals surface area contributed by atoms with Crippen LogP contribution < -0.4 is 5.32 Å². The van der Waals surface area contributed by atoms with Crippen molar-refractivity contribution in [3.63, 3.8) is 0 Å². The van der Waals surface area contributed by atoms with E-state index in [-0.39, 0.29) is 23.7 Å². The van der Waals surface area contributed by atoms with Crippen LogP contribution in [0.4, 0.5) is 6.01 Å². The number of anilines is 1. The zero-order valence-electron chi connectivity index (χ0n) is 8.40. The first-order chi connectivity index (χ1) is 6.88. The van der Waals surface area contributed by atoms with Crippen molar-refractivity contribution in [2.75, 3.05) is 23.9 Å². The van der Waals surface area contributed by atoms with Gasteiger partial charge < -0.3 is 9.73 Å². The minimum atomic E-state index is -2.98. The van der Waals surface area contributed by atoms with Gasteiger partial charge in [0.05, 0.1) is 5.75 Å². The van der Waals surface area contributed by atoms with Gasteiger partial charge in [0.1, 0.15) is 15.2 Å². The van der Waals surface area contributed by atoms with Gasteiger partial charge in [-0.1, -0.05) is 5.10 Å². The van der Waals surface area contributed by atoms with E-state index in [1.807, 2.05) is 0 Å². The fourth-order valence-electron chi connectivity index (χ4n) is 0.810. The maximum absolute atomic E-state index is 10.8. The average Bonchev–Trinajstić information content (AvgIpc) is 2.50. The first kappa shape index (κ1) is 12.3. The van der Waals surface area contributed by atoms with Crippen molar-refractivity contribution in [3.05, 3.63) is 5.89 Å². The topological polar surface area (TPSA) is 85.1 Å². The highest BCUT2D eigenvalue weighted by Gasteiger charge is 2.11. The summed E-state index contributed by atoms with van der Waals surface area (Å²) in [5.41, 5.74) is 0. The second-order valence-corrected chi connectivity index (χ2v) is 6.03. The Kier molecular flexibility index (Phi) is 3.92. The molecule has 0 fully saturated rings. The summed E-state index contributed by atoms with van der Waals surface area (Å²) in [4.78, 5) is 0. The molecule has 1 aromatic heterocycles. The summed E-state index contributed by atoms with van der Waals surface area (Å²) in [6, 6.07) is 0.182. The summed E-state index contributed by atoms with van der Waals surface area (Å²) in [6.07, 6.45) is 1.16. The summed E-state index contributed by atoms with van der Waals surface area (Å²) in [6.45, 7) is 1.94. The fourth-order valence-corrected chi connectivity index (χ4v) is 1.37. The van der Waals surface area contributed by atoms with Crippen LogP contribution in [0.15, 0.2) is 4.42 Å². The Morgan fingerprint density at radius 3 is 2.67 bits per heavy atom. The van der Waals surface area contributed by atoms with E-state index in [0.29, 0.717) is 5.89 Å². The Morgan fingerprint density at radius 1 is 1.53 bits per heavy atom. The Hall–Kier alpha value is -0.820. The summed E-state index contributed by atoms with van der Waals surface area (Å²) < 4.78 is 26.7. The molecule has 1 N–H and O–H groups in total. The lowest BCUT2D eigenvalue weighted by Crippen LogP contribution is -2.14. The number of alkyl halides is 1. The zero-order valence-corrected chi connectivity index (χ0v) is 9.97. The number of sulfone groups is 1. The van der Waals surface area contributed by atoms with Gasteiger partial charge in [-0.15, -0.1) is 16.7 Å². The predicted octanol–water partition coefficient (Wildman–Crippen LogP) is 0.826. The molecule has 0 aliphatic carbocycles. The van der Waals surface area contributed by atoms with Crippen LogP contribution in [0.25, 0.3) is 0 Å². The first-order valence-electron chi connectivity index (χ1n) is 4.27. The number of halogens is 1. The normalized spacial score (nSPS) is 13.8. The molecule has 8 heteroatoms. The van der Waals surface area contributed by atoms with Crippen LogP contribution in [0.5, 0.6) is 0 Å². The Morgan fingerprint density at radius 2 is 2.20 bits per heavy atom. The third-order valence-corrected chi connectivity index (χ3v) is 2.66. The highest BCUT2D eigenvalue weighted by Crippen LogP contribution is 2.18.